The number of nitro benzene ring substituents is 1. The van der Waals surface area contributed by atoms with Crippen LogP contribution in [0.25, 0.3) is 6.08 Å². The van der Waals surface area contributed by atoms with Crippen molar-refractivity contribution in [2.75, 3.05) is 20.3 Å². The second-order valence-electron chi connectivity index (χ2n) is 9.29. The predicted molar refractivity (Wildman–Crippen MR) is 156 cm³/mol. The molecule has 0 radical (unpaired) electrons. The van der Waals surface area contributed by atoms with Crippen molar-refractivity contribution in [2.24, 2.45) is 4.99 Å². The minimum atomic E-state index is -0.862. The van der Waals surface area contributed by atoms with Gasteiger partial charge in [-0.05, 0) is 42.7 Å². The van der Waals surface area contributed by atoms with Crippen molar-refractivity contribution in [3.05, 3.63) is 107 Å². The molecule has 214 valence electrons. The summed E-state index contributed by atoms with van der Waals surface area (Å²) < 4.78 is 18.7. The molecule has 3 aromatic rings. The van der Waals surface area contributed by atoms with Crippen molar-refractivity contribution < 1.29 is 23.9 Å². The van der Waals surface area contributed by atoms with Crippen LogP contribution in [0.3, 0.4) is 0 Å². The van der Waals surface area contributed by atoms with E-state index in [4.69, 9.17) is 14.2 Å². The lowest BCUT2D eigenvalue weighted by molar-refractivity contribution is -0.384. The predicted octanol–water partition coefficient (Wildman–Crippen LogP) is 4.45. The van der Waals surface area contributed by atoms with Crippen molar-refractivity contribution in [3.63, 3.8) is 0 Å². The fourth-order valence-corrected chi connectivity index (χ4v) is 5.54. The summed E-state index contributed by atoms with van der Waals surface area (Å²) in [6.07, 6.45) is 6.07. The van der Waals surface area contributed by atoms with Gasteiger partial charge in [0.25, 0.3) is 11.2 Å². The molecule has 0 amide bonds. The highest BCUT2D eigenvalue weighted by Crippen LogP contribution is 2.36. The molecule has 0 saturated heterocycles. The molecule has 1 unspecified atom stereocenters. The first-order chi connectivity index (χ1) is 19.8. The number of ether oxygens (including phenoxy) is 3. The van der Waals surface area contributed by atoms with Crippen LogP contribution >= 0.6 is 11.3 Å². The van der Waals surface area contributed by atoms with Gasteiger partial charge >= 0.3 is 5.97 Å². The fourth-order valence-electron chi connectivity index (χ4n) is 4.50. The Labute approximate surface area is 240 Å². The molecule has 1 aliphatic heterocycles. The lowest BCUT2D eigenvalue weighted by atomic mass is 9.95. The van der Waals surface area contributed by atoms with E-state index in [9.17, 15) is 19.7 Å². The third-order valence-corrected chi connectivity index (χ3v) is 7.44. The summed E-state index contributed by atoms with van der Waals surface area (Å²) in [7, 11) is 1.53. The number of rotatable bonds is 12. The number of esters is 1. The highest BCUT2D eigenvalue weighted by atomic mass is 32.1. The summed E-state index contributed by atoms with van der Waals surface area (Å²) in [4.78, 5) is 42.8. The summed E-state index contributed by atoms with van der Waals surface area (Å²) >= 11 is 1.13. The Bertz CT molecular complexity index is 1690. The van der Waals surface area contributed by atoms with Crippen LogP contribution in [-0.4, -0.2) is 35.8 Å². The average Bonchev–Trinajstić information content (AvgIpc) is 3.27. The summed E-state index contributed by atoms with van der Waals surface area (Å²) in [6.45, 7) is 7.95. The lowest BCUT2D eigenvalue weighted by Gasteiger charge is -2.25. The number of unbranched alkanes of at least 4 members (excludes halogenated alkanes) is 2. The molecule has 0 saturated carbocycles. The molecule has 11 heteroatoms. The van der Waals surface area contributed by atoms with Gasteiger partial charge in [-0.2, -0.15) is 0 Å². The van der Waals surface area contributed by atoms with Crippen LogP contribution in [0, 0.1) is 10.1 Å². The number of hydrogen-bond acceptors (Lipinski definition) is 9. The number of methoxy groups -OCH3 is 1. The first-order valence-electron chi connectivity index (χ1n) is 13.1. The zero-order chi connectivity index (χ0) is 29.5. The number of nitro groups is 1. The van der Waals surface area contributed by atoms with E-state index in [0.717, 1.165) is 30.6 Å². The maximum Gasteiger partial charge on any atom is 0.338 e. The van der Waals surface area contributed by atoms with Gasteiger partial charge in [-0.25, -0.2) is 9.79 Å². The zero-order valence-corrected chi connectivity index (χ0v) is 23.9. The molecule has 0 bridgehead atoms. The molecule has 1 aliphatic rings. The smallest absolute Gasteiger partial charge is 0.338 e. The van der Waals surface area contributed by atoms with Gasteiger partial charge in [0.1, 0.15) is 6.61 Å². The van der Waals surface area contributed by atoms with Crippen LogP contribution in [-0.2, 0) is 9.53 Å². The zero-order valence-electron chi connectivity index (χ0n) is 23.1. The van der Waals surface area contributed by atoms with Gasteiger partial charge in [-0.3, -0.25) is 19.5 Å². The molecule has 1 atom stereocenters. The number of hydrogen-bond donors (Lipinski definition) is 0. The van der Waals surface area contributed by atoms with E-state index >= 15 is 0 Å². The third-order valence-electron chi connectivity index (χ3n) is 6.46. The monoisotopic (exact) mass is 577 g/mol. The molecule has 0 fully saturated rings. The van der Waals surface area contributed by atoms with Crippen LogP contribution in [0.1, 0.15) is 50.3 Å². The Hall–Kier alpha value is -4.51. The largest absolute Gasteiger partial charge is 0.493 e. The number of benzene rings is 2. The standard InChI is InChI=1S/C30H31N3O7S/c1-5-7-8-15-39-23-13-12-21(18-24(23)38-4)27-26(29(35)40-14-6-2)19(3)31-30-32(27)28(34)25(41-30)17-20-10-9-11-22(16-20)33(36)37/h6,9-13,16-18,27H,2,5,7-8,14-15H2,1,3-4H3/b25-17-. The SMILES string of the molecule is C=CCOC(=O)C1=C(C)N=c2s/c(=C\c3cccc([N+](=O)[O-])c3)c(=O)n2C1c1ccc(OCCCCC)c(OC)c1. The Morgan fingerprint density at radius 1 is 1.22 bits per heavy atom. The Balaban J connectivity index is 1.86. The van der Waals surface area contributed by atoms with Gasteiger partial charge in [0, 0.05) is 12.1 Å². The van der Waals surface area contributed by atoms with E-state index in [1.165, 1.54) is 29.9 Å². The number of carbonyl (C=O) groups excluding carboxylic acids is 1. The van der Waals surface area contributed by atoms with Gasteiger partial charge in [0.15, 0.2) is 16.3 Å². The minimum Gasteiger partial charge on any atom is -0.493 e. The number of carbonyl (C=O) groups is 1. The summed E-state index contributed by atoms with van der Waals surface area (Å²) in [5.41, 5.74) is 1.23. The van der Waals surface area contributed by atoms with Crippen molar-refractivity contribution in [1.82, 2.24) is 4.57 Å². The molecular weight excluding hydrogens is 546 g/mol. The first kappa shape index (κ1) is 29.5. The Morgan fingerprint density at radius 3 is 2.73 bits per heavy atom. The third kappa shape index (κ3) is 6.46. The van der Waals surface area contributed by atoms with Crippen LogP contribution in [0.2, 0.25) is 0 Å². The van der Waals surface area contributed by atoms with E-state index in [2.05, 4.69) is 18.5 Å². The molecular formula is C30H31N3O7S. The highest BCUT2D eigenvalue weighted by molar-refractivity contribution is 7.07. The summed E-state index contributed by atoms with van der Waals surface area (Å²) in [5, 5.41) is 11.2. The Kier molecular flexibility index (Phi) is 9.51. The average molecular weight is 578 g/mol. The van der Waals surface area contributed by atoms with Crippen LogP contribution in [0.15, 0.2) is 76.2 Å². The van der Waals surface area contributed by atoms with Gasteiger partial charge in [-0.1, -0.05) is 62.0 Å². The van der Waals surface area contributed by atoms with Gasteiger partial charge in [0.2, 0.25) is 0 Å². The van der Waals surface area contributed by atoms with Gasteiger partial charge < -0.3 is 14.2 Å². The summed E-state index contributed by atoms with van der Waals surface area (Å²) in [6, 6.07) is 10.4. The molecule has 0 spiro atoms. The minimum absolute atomic E-state index is 0.00655. The van der Waals surface area contributed by atoms with Crippen LogP contribution in [0.4, 0.5) is 5.69 Å². The number of non-ortho nitro benzene ring substituents is 1. The number of nitrogens with zero attached hydrogens (tertiary/aromatic N) is 3. The van der Waals surface area contributed by atoms with Crippen molar-refractivity contribution >= 4 is 29.1 Å². The molecule has 1 aromatic heterocycles. The van der Waals surface area contributed by atoms with E-state index in [-0.39, 0.29) is 17.9 Å². The second-order valence-corrected chi connectivity index (χ2v) is 10.3. The van der Waals surface area contributed by atoms with Crippen molar-refractivity contribution in [1.29, 1.82) is 0 Å². The second kappa shape index (κ2) is 13.2. The normalized spacial score (nSPS) is 14.7. The van der Waals surface area contributed by atoms with Crippen molar-refractivity contribution in [3.8, 4) is 11.5 Å². The van der Waals surface area contributed by atoms with E-state index in [0.29, 0.717) is 44.3 Å². The molecule has 4 rings (SSSR count). The van der Waals surface area contributed by atoms with E-state index in [1.54, 1.807) is 43.3 Å². The van der Waals surface area contributed by atoms with E-state index in [1.807, 2.05) is 0 Å². The fraction of sp³-hybridized carbons (Fsp3) is 0.300. The molecule has 0 aliphatic carbocycles. The number of allylic oxidation sites excluding steroid dienone is 1. The Morgan fingerprint density at radius 2 is 2.02 bits per heavy atom. The topological polar surface area (TPSA) is 122 Å². The van der Waals surface area contributed by atoms with Gasteiger partial charge in [-0.15, -0.1) is 0 Å². The number of aromatic nitrogens is 1. The molecule has 0 N–H and O–H groups in total. The van der Waals surface area contributed by atoms with Gasteiger partial charge in [0.05, 0.1) is 40.5 Å². The summed E-state index contributed by atoms with van der Waals surface area (Å²) in [5.74, 6) is 0.399. The maximum absolute atomic E-state index is 13.8. The number of thiazole rings is 1. The molecule has 41 heavy (non-hydrogen) atoms. The van der Waals surface area contributed by atoms with Crippen LogP contribution < -0.4 is 24.4 Å². The first-order valence-corrected chi connectivity index (χ1v) is 14.0. The molecule has 2 heterocycles. The quantitative estimate of drug-likeness (QED) is 0.102. The number of fused-ring (bicyclic) bond motifs is 1. The van der Waals surface area contributed by atoms with Crippen LogP contribution in [0.5, 0.6) is 11.5 Å². The van der Waals surface area contributed by atoms with Crippen molar-refractivity contribution in [2.45, 2.75) is 39.2 Å². The maximum atomic E-state index is 13.8. The highest BCUT2D eigenvalue weighted by Gasteiger charge is 2.34. The van der Waals surface area contributed by atoms with E-state index < -0.39 is 22.5 Å². The lowest BCUT2D eigenvalue weighted by Crippen LogP contribution is -2.40. The molecule has 2 aromatic carbocycles. The molecule has 10 nitrogen and oxygen atoms in total.